The minimum Gasteiger partial charge on any atom is -0.466 e. The smallest absolute Gasteiger partial charge is 0.435 e. The van der Waals surface area contributed by atoms with Crippen molar-refractivity contribution in [2.75, 3.05) is 7.11 Å². The maximum Gasteiger partial charge on any atom is 0.435 e. The first kappa shape index (κ1) is 14.9. The van der Waals surface area contributed by atoms with Crippen molar-refractivity contribution in [1.29, 1.82) is 0 Å². The van der Waals surface area contributed by atoms with Gasteiger partial charge in [-0.25, -0.2) is 9.59 Å². The van der Waals surface area contributed by atoms with Gasteiger partial charge in [0.15, 0.2) is 0 Å². The van der Waals surface area contributed by atoms with Gasteiger partial charge in [0.1, 0.15) is 5.60 Å². The molecule has 6 nitrogen and oxygen atoms in total. The lowest BCUT2D eigenvalue weighted by Gasteiger charge is -2.18. The molecule has 0 aliphatic rings. The molecule has 0 radical (unpaired) electrons. The molecule has 1 aromatic rings. The predicted molar refractivity (Wildman–Crippen MR) is 69.6 cm³/mol. The average molecular weight is 266 g/mol. The number of nitrogens with zero attached hydrogens (tertiary/aromatic N) is 2. The van der Waals surface area contributed by atoms with Crippen LogP contribution >= 0.6 is 0 Å². The normalized spacial score (nSPS) is 11.6. The zero-order valence-corrected chi connectivity index (χ0v) is 11.8. The number of aryl methyl sites for hydroxylation is 1. The van der Waals surface area contributed by atoms with Crippen LogP contribution in [0.2, 0.25) is 0 Å². The second-order valence-corrected chi connectivity index (χ2v) is 4.95. The van der Waals surface area contributed by atoms with Gasteiger partial charge in [0.05, 0.1) is 12.8 Å². The van der Waals surface area contributed by atoms with Crippen LogP contribution in [0.25, 0.3) is 6.08 Å². The van der Waals surface area contributed by atoms with Crippen LogP contribution in [0.1, 0.15) is 32.0 Å². The molecule has 0 N–H and O–H groups in total. The Morgan fingerprint density at radius 1 is 1.37 bits per heavy atom. The number of carbonyl (C=O) groups is 2. The summed E-state index contributed by atoms with van der Waals surface area (Å²) in [4.78, 5) is 22.8. The molecule has 19 heavy (non-hydrogen) atoms. The van der Waals surface area contributed by atoms with Crippen molar-refractivity contribution in [3.8, 4) is 0 Å². The standard InChI is InChI=1S/C13H18N2O4/c1-9-10(6-7-11(16)18-5)8-15(14-9)12(17)19-13(2,3)4/h6-8H,1-5H3/b7-6+. The van der Waals surface area contributed by atoms with Crippen LogP contribution in [-0.2, 0) is 14.3 Å². The number of carbonyl (C=O) groups excluding carboxylic acids is 2. The zero-order valence-electron chi connectivity index (χ0n) is 11.8. The van der Waals surface area contributed by atoms with Crippen molar-refractivity contribution in [2.45, 2.75) is 33.3 Å². The third kappa shape index (κ3) is 4.57. The van der Waals surface area contributed by atoms with E-state index in [0.717, 1.165) is 4.68 Å². The van der Waals surface area contributed by atoms with Crippen molar-refractivity contribution < 1.29 is 19.1 Å². The largest absolute Gasteiger partial charge is 0.466 e. The minimum atomic E-state index is -0.584. The van der Waals surface area contributed by atoms with Crippen LogP contribution in [-0.4, -0.2) is 34.6 Å². The van der Waals surface area contributed by atoms with Crippen LogP contribution in [0, 0.1) is 6.92 Å². The van der Waals surface area contributed by atoms with Gasteiger partial charge in [-0.05, 0) is 33.8 Å². The number of hydrogen-bond acceptors (Lipinski definition) is 5. The SMILES string of the molecule is COC(=O)/C=C/c1cn(C(=O)OC(C)(C)C)nc1C. The highest BCUT2D eigenvalue weighted by Crippen LogP contribution is 2.12. The topological polar surface area (TPSA) is 70.4 Å². The summed E-state index contributed by atoms with van der Waals surface area (Å²) >= 11 is 0. The summed E-state index contributed by atoms with van der Waals surface area (Å²) in [5.41, 5.74) is 0.682. The molecule has 0 saturated heterocycles. The fourth-order valence-corrected chi connectivity index (χ4v) is 1.27. The van der Waals surface area contributed by atoms with E-state index in [1.807, 2.05) is 0 Å². The molecule has 0 aliphatic heterocycles. The van der Waals surface area contributed by atoms with Gasteiger partial charge in [-0.1, -0.05) is 0 Å². The molecule has 0 bridgehead atoms. The number of esters is 1. The van der Waals surface area contributed by atoms with E-state index in [1.54, 1.807) is 27.7 Å². The van der Waals surface area contributed by atoms with Crippen molar-refractivity contribution in [3.63, 3.8) is 0 Å². The summed E-state index contributed by atoms with van der Waals surface area (Å²) in [6, 6.07) is 0. The molecule has 0 fully saturated rings. The Bertz CT molecular complexity index is 509. The molecule has 104 valence electrons. The lowest BCUT2D eigenvalue weighted by Crippen LogP contribution is -2.27. The summed E-state index contributed by atoms with van der Waals surface area (Å²) in [5, 5.41) is 4.04. The number of rotatable bonds is 2. The number of hydrogen-bond donors (Lipinski definition) is 0. The van der Waals surface area contributed by atoms with E-state index in [2.05, 4.69) is 9.84 Å². The lowest BCUT2D eigenvalue weighted by molar-refractivity contribution is -0.134. The molecule has 1 heterocycles. The summed E-state index contributed by atoms with van der Waals surface area (Å²) in [6.45, 7) is 7.07. The second kappa shape index (κ2) is 5.69. The molecule has 0 saturated carbocycles. The van der Waals surface area contributed by atoms with Gasteiger partial charge in [0.2, 0.25) is 0 Å². The molecule has 1 aromatic heterocycles. The van der Waals surface area contributed by atoms with E-state index in [9.17, 15) is 9.59 Å². The molecule has 0 unspecified atom stereocenters. The van der Waals surface area contributed by atoms with Crippen molar-refractivity contribution >= 4 is 18.1 Å². The average Bonchev–Trinajstić information content (AvgIpc) is 2.65. The van der Waals surface area contributed by atoms with E-state index in [1.165, 1.54) is 25.5 Å². The Balaban J connectivity index is 2.88. The fourth-order valence-electron chi connectivity index (χ4n) is 1.27. The number of ether oxygens (including phenoxy) is 2. The van der Waals surface area contributed by atoms with Gasteiger partial charge in [-0.15, -0.1) is 0 Å². The van der Waals surface area contributed by atoms with Crippen molar-refractivity contribution in [3.05, 3.63) is 23.5 Å². The molecule has 0 spiro atoms. The van der Waals surface area contributed by atoms with Gasteiger partial charge in [0.25, 0.3) is 0 Å². The number of aromatic nitrogens is 2. The Labute approximate surface area is 112 Å². The van der Waals surface area contributed by atoms with Gasteiger partial charge in [-0.2, -0.15) is 9.78 Å². The molecule has 1 rings (SSSR count). The quantitative estimate of drug-likeness (QED) is 0.606. The highest BCUT2D eigenvalue weighted by molar-refractivity contribution is 5.87. The third-order valence-corrected chi connectivity index (χ3v) is 2.12. The highest BCUT2D eigenvalue weighted by Gasteiger charge is 2.19. The first-order chi connectivity index (χ1) is 8.73. The van der Waals surface area contributed by atoms with Crippen LogP contribution in [0.5, 0.6) is 0 Å². The molecular weight excluding hydrogens is 248 g/mol. The molecule has 6 heteroatoms. The third-order valence-electron chi connectivity index (χ3n) is 2.12. The predicted octanol–water partition coefficient (Wildman–Crippen LogP) is 2.16. The van der Waals surface area contributed by atoms with E-state index in [-0.39, 0.29) is 0 Å². The first-order valence-corrected chi connectivity index (χ1v) is 5.78. The van der Waals surface area contributed by atoms with Crippen LogP contribution in [0.15, 0.2) is 12.3 Å². The molecule has 0 atom stereocenters. The summed E-state index contributed by atoms with van der Waals surface area (Å²) in [6.07, 6.45) is 3.75. The van der Waals surface area contributed by atoms with Crippen LogP contribution in [0.4, 0.5) is 4.79 Å². The summed E-state index contributed by atoms with van der Waals surface area (Å²) in [5.74, 6) is -0.468. The maximum atomic E-state index is 11.8. The van der Waals surface area contributed by atoms with Gasteiger partial charge in [-0.3, -0.25) is 0 Å². The van der Waals surface area contributed by atoms with Gasteiger partial charge in [0, 0.05) is 17.8 Å². The first-order valence-electron chi connectivity index (χ1n) is 5.78. The molecule has 0 amide bonds. The monoisotopic (exact) mass is 266 g/mol. The maximum absolute atomic E-state index is 11.8. The molecule has 0 aliphatic carbocycles. The van der Waals surface area contributed by atoms with Crippen molar-refractivity contribution in [1.82, 2.24) is 9.78 Å². The highest BCUT2D eigenvalue weighted by atomic mass is 16.6. The van der Waals surface area contributed by atoms with Gasteiger partial charge < -0.3 is 9.47 Å². The Morgan fingerprint density at radius 3 is 2.53 bits per heavy atom. The zero-order chi connectivity index (χ0) is 14.6. The molecule has 0 aromatic carbocycles. The second-order valence-electron chi connectivity index (χ2n) is 4.95. The van der Waals surface area contributed by atoms with Gasteiger partial charge >= 0.3 is 12.1 Å². The van der Waals surface area contributed by atoms with E-state index in [0.29, 0.717) is 11.3 Å². The Hall–Kier alpha value is -2.11. The van der Waals surface area contributed by atoms with Crippen LogP contribution < -0.4 is 0 Å². The van der Waals surface area contributed by atoms with Crippen LogP contribution in [0.3, 0.4) is 0 Å². The molecular formula is C13H18N2O4. The van der Waals surface area contributed by atoms with Crippen molar-refractivity contribution in [2.24, 2.45) is 0 Å². The summed E-state index contributed by atoms with van der Waals surface area (Å²) in [7, 11) is 1.30. The lowest BCUT2D eigenvalue weighted by atomic mass is 10.2. The van der Waals surface area contributed by atoms with E-state index in [4.69, 9.17) is 4.74 Å². The van der Waals surface area contributed by atoms with E-state index >= 15 is 0 Å². The fraction of sp³-hybridized carbons (Fsp3) is 0.462. The summed E-state index contributed by atoms with van der Waals surface area (Å²) < 4.78 is 10.8. The Morgan fingerprint density at radius 2 is 2.00 bits per heavy atom. The Kier molecular flexibility index (Phi) is 4.47. The van der Waals surface area contributed by atoms with E-state index < -0.39 is 17.7 Å². The minimum absolute atomic E-state index is 0.468. The number of methoxy groups -OCH3 is 1.